The van der Waals surface area contributed by atoms with Crippen LogP contribution in [0.3, 0.4) is 0 Å². The van der Waals surface area contributed by atoms with Crippen molar-refractivity contribution in [2.24, 2.45) is 0 Å². The minimum atomic E-state index is -4.95. The number of nitrogens with one attached hydrogen (secondary N) is 1. The molecule has 112 valence electrons. The summed E-state index contributed by atoms with van der Waals surface area (Å²) in [5.74, 6) is -2.05. The van der Waals surface area contributed by atoms with E-state index in [4.69, 9.17) is 0 Å². The summed E-state index contributed by atoms with van der Waals surface area (Å²) in [6, 6.07) is 2.55. The molecule has 0 aromatic heterocycles. The second-order valence-electron chi connectivity index (χ2n) is 3.86. The van der Waals surface area contributed by atoms with Crippen LogP contribution >= 0.6 is 12.4 Å². The monoisotopic (exact) mass is 315 g/mol. The van der Waals surface area contributed by atoms with Crippen LogP contribution in [0.4, 0.5) is 22.4 Å². The first-order chi connectivity index (χ1) is 8.85. The molecule has 1 atom stereocenters. The molecule has 0 saturated carbocycles. The number of alkyl halides is 3. The molecule has 0 spiro atoms. The van der Waals surface area contributed by atoms with Gasteiger partial charge in [-0.2, -0.15) is 0 Å². The Bertz CT molecular complexity index is 495. The average Bonchev–Trinajstić information content (AvgIpc) is 2.30. The predicted molar refractivity (Wildman–Crippen MR) is 62.2 cm³/mol. The summed E-state index contributed by atoms with van der Waals surface area (Å²) in [5, 5.41) is 2.44. The molecule has 1 saturated heterocycles. The van der Waals surface area contributed by atoms with Gasteiger partial charge in [0.25, 0.3) is 0 Å². The van der Waals surface area contributed by atoms with Gasteiger partial charge in [0.05, 0.1) is 12.6 Å². The lowest BCUT2D eigenvalue weighted by Gasteiger charge is -2.24. The van der Waals surface area contributed by atoms with Crippen LogP contribution in [0.1, 0.15) is 18.0 Å². The number of benzene rings is 1. The third-order valence-electron chi connectivity index (χ3n) is 2.52. The third-order valence-corrected chi connectivity index (χ3v) is 2.52. The molecule has 1 heterocycles. The maximum Gasteiger partial charge on any atom is 0.573 e. The highest BCUT2D eigenvalue weighted by Gasteiger charge is 2.32. The molecule has 1 amide bonds. The zero-order valence-corrected chi connectivity index (χ0v) is 10.7. The molecule has 2 rings (SSSR count). The van der Waals surface area contributed by atoms with E-state index in [-0.39, 0.29) is 19.0 Å². The van der Waals surface area contributed by atoms with E-state index in [0.29, 0.717) is 12.0 Å². The van der Waals surface area contributed by atoms with Gasteiger partial charge in [-0.25, -0.2) is 9.18 Å². The number of halogens is 5. The van der Waals surface area contributed by atoms with Gasteiger partial charge in [0, 0.05) is 6.42 Å². The molecule has 4 nitrogen and oxygen atoms in total. The lowest BCUT2D eigenvalue weighted by Crippen LogP contribution is -2.35. The third kappa shape index (κ3) is 4.16. The van der Waals surface area contributed by atoms with E-state index < -0.39 is 30.1 Å². The van der Waals surface area contributed by atoms with Crippen molar-refractivity contribution in [3.05, 3.63) is 29.6 Å². The fraction of sp³-hybridized carbons (Fsp3) is 0.364. The maximum absolute atomic E-state index is 13.5. The molecule has 1 aliphatic rings. The Morgan fingerprint density at radius 1 is 1.35 bits per heavy atom. The summed E-state index contributed by atoms with van der Waals surface area (Å²) in [5.41, 5.74) is 0.351. The van der Waals surface area contributed by atoms with E-state index in [1.807, 2.05) is 0 Å². The van der Waals surface area contributed by atoms with Crippen LogP contribution in [0.15, 0.2) is 18.2 Å². The van der Waals surface area contributed by atoms with Gasteiger partial charge in [0.15, 0.2) is 11.6 Å². The van der Waals surface area contributed by atoms with E-state index in [1.165, 1.54) is 6.07 Å². The minimum Gasteiger partial charge on any atom is -0.449 e. The number of rotatable bonds is 2. The Morgan fingerprint density at radius 2 is 2.05 bits per heavy atom. The number of cyclic esters (lactones) is 1. The number of carbonyl (C=O) groups is 1. The molecule has 0 aliphatic carbocycles. The topological polar surface area (TPSA) is 47.6 Å². The number of alkyl carbamates (subject to hydrolysis) is 1. The van der Waals surface area contributed by atoms with Gasteiger partial charge in [0.1, 0.15) is 0 Å². The van der Waals surface area contributed by atoms with Crippen molar-refractivity contribution in [2.75, 3.05) is 6.61 Å². The highest BCUT2D eigenvalue weighted by Crippen LogP contribution is 2.29. The van der Waals surface area contributed by atoms with Crippen molar-refractivity contribution in [2.45, 2.75) is 18.8 Å². The standard InChI is InChI=1S/C11H9F4NO3.ClH/c12-7-5-6(8-3-4-18-10(17)16-8)1-2-9(7)19-11(13,14)15;/h1-2,5,8H,3-4H2,(H,16,17);1H/t8-;/m0./s1. The van der Waals surface area contributed by atoms with Crippen LogP contribution < -0.4 is 10.1 Å². The van der Waals surface area contributed by atoms with Crippen LogP contribution in [0.25, 0.3) is 0 Å². The van der Waals surface area contributed by atoms with Crippen molar-refractivity contribution in [1.82, 2.24) is 5.32 Å². The lowest BCUT2D eigenvalue weighted by molar-refractivity contribution is -0.275. The number of amides is 1. The fourth-order valence-corrected chi connectivity index (χ4v) is 1.72. The molecule has 1 fully saturated rings. The SMILES string of the molecule is Cl.O=C1N[C@H](c2ccc(OC(F)(F)F)c(F)c2)CCO1. The van der Waals surface area contributed by atoms with Crippen molar-refractivity contribution < 1.29 is 31.8 Å². The first kappa shape index (κ1) is 16.4. The Kier molecular flexibility index (Phi) is 5.04. The summed E-state index contributed by atoms with van der Waals surface area (Å²) in [6.45, 7) is 0.166. The Morgan fingerprint density at radius 3 is 2.60 bits per heavy atom. The number of carbonyl (C=O) groups excluding carboxylic acids is 1. The molecule has 0 unspecified atom stereocenters. The van der Waals surface area contributed by atoms with Gasteiger partial charge in [-0.3, -0.25) is 0 Å². The summed E-state index contributed by atoms with van der Waals surface area (Å²) in [7, 11) is 0. The van der Waals surface area contributed by atoms with E-state index in [9.17, 15) is 22.4 Å². The maximum atomic E-state index is 13.5. The van der Waals surface area contributed by atoms with Crippen LogP contribution in [0, 0.1) is 5.82 Å². The first-order valence-corrected chi connectivity index (χ1v) is 5.33. The van der Waals surface area contributed by atoms with Crippen LogP contribution in [0.5, 0.6) is 5.75 Å². The summed E-state index contributed by atoms with van der Waals surface area (Å²) in [4.78, 5) is 11.0. The number of hydrogen-bond donors (Lipinski definition) is 1. The molecule has 1 N–H and O–H groups in total. The van der Waals surface area contributed by atoms with Gasteiger partial charge >= 0.3 is 12.5 Å². The average molecular weight is 316 g/mol. The van der Waals surface area contributed by atoms with Crippen LogP contribution in [0.2, 0.25) is 0 Å². The minimum absolute atomic E-state index is 0. The molecular weight excluding hydrogens is 306 g/mol. The molecule has 1 aliphatic heterocycles. The van der Waals surface area contributed by atoms with Gasteiger partial charge in [-0.05, 0) is 17.7 Å². The smallest absolute Gasteiger partial charge is 0.449 e. The molecule has 1 aromatic rings. The molecule has 20 heavy (non-hydrogen) atoms. The van der Waals surface area contributed by atoms with Crippen LogP contribution in [-0.2, 0) is 4.74 Å². The molecule has 0 bridgehead atoms. The second-order valence-corrected chi connectivity index (χ2v) is 3.86. The Labute approximate surface area is 117 Å². The first-order valence-electron chi connectivity index (χ1n) is 5.33. The zero-order chi connectivity index (χ0) is 14.0. The second kappa shape index (κ2) is 6.17. The van der Waals surface area contributed by atoms with E-state index in [0.717, 1.165) is 12.1 Å². The fourth-order valence-electron chi connectivity index (χ4n) is 1.72. The van der Waals surface area contributed by atoms with Crippen molar-refractivity contribution in [3.8, 4) is 5.75 Å². The van der Waals surface area contributed by atoms with Crippen molar-refractivity contribution in [3.63, 3.8) is 0 Å². The van der Waals surface area contributed by atoms with E-state index in [2.05, 4.69) is 14.8 Å². The van der Waals surface area contributed by atoms with E-state index >= 15 is 0 Å². The largest absolute Gasteiger partial charge is 0.573 e. The Hall–Kier alpha value is -1.70. The van der Waals surface area contributed by atoms with Crippen molar-refractivity contribution in [1.29, 1.82) is 0 Å². The van der Waals surface area contributed by atoms with Crippen LogP contribution in [-0.4, -0.2) is 19.1 Å². The molecule has 0 radical (unpaired) electrons. The number of hydrogen-bond acceptors (Lipinski definition) is 3. The molecular formula is C11H10ClF4NO3. The zero-order valence-electron chi connectivity index (χ0n) is 9.87. The quantitative estimate of drug-likeness (QED) is 0.852. The predicted octanol–water partition coefficient (Wildman–Crippen LogP) is 3.32. The van der Waals surface area contributed by atoms with Gasteiger partial charge < -0.3 is 14.8 Å². The van der Waals surface area contributed by atoms with E-state index in [1.54, 1.807) is 0 Å². The Balaban J connectivity index is 0.00000200. The van der Waals surface area contributed by atoms with Gasteiger partial charge in [-0.15, -0.1) is 25.6 Å². The summed E-state index contributed by atoms with van der Waals surface area (Å²) >= 11 is 0. The highest BCUT2D eigenvalue weighted by molar-refractivity contribution is 5.85. The van der Waals surface area contributed by atoms with Gasteiger partial charge in [0.2, 0.25) is 0 Å². The lowest BCUT2D eigenvalue weighted by atomic mass is 10.0. The molecule has 1 aromatic carbocycles. The van der Waals surface area contributed by atoms with Gasteiger partial charge in [-0.1, -0.05) is 6.07 Å². The molecule has 9 heteroatoms. The summed E-state index contributed by atoms with van der Waals surface area (Å²) in [6.07, 6.45) is -5.19. The summed E-state index contributed by atoms with van der Waals surface area (Å²) < 4.78 is 57.5. The normalized spacial score (nSPS) is 18.6. The van der Waals surface area contributed by atoms with Crippen molar-refractivity contribution >= 4 is 18.5 Å². The highest BCUT2D eigenvalue weighted by atomic mass is 35.5. The number of ether oxygens (including phenoxy) is 2.